The van der Waals surface area contributed by atoms with Crippen LogP contribution in [0.1, 0.15) is 17.5 Å². The van der Waals surface area contributed by atoms with Crippen LogP contribution in [0.3, 0.4) is 0 Å². The summed E-state index contributed by atoms with van der Waals surface area (Å²) in [6.45, 7) is 3.17. The third-order valence-corrected chi connectivity index (χ3v) is 5.15. The van der Waals surface area contributed by atoms with Crippen LogP contribution in [-0.2, 0) is 4.74 Å². The number of anilines is 1. The van der Waals surface area contributed by atoms with E-state index in [1.165, 1.54) is 0 Å². The lowest BCUT2D eigenvalue weighted by Gasteiger charge is -2.18. The highest BCUT2D eigenvalue weighted by molar-refractivity contribution is 5.93. The van der Waals surface area contributed by atoms with Crippen LogP contribution in [0.2, 0.25) is 0 Å². The summed E-state index contributed by atoms with van der Waals surface area (Å²) in [5, 5.41) is 12.7. The Morgan fingerprint density at radius 1 is 1.33 bits per heavy atom. The van der Waals surface area contributed by atoms with Gasteiger partial charge in [-0.05, 0) is 61.0 Å². The molecule has 1 aliphatic heterocycles. The number of nitriles is 1. The Balaban J connectivity index is 1.60. The van der Waals surface area contributed by atoms with Gasteiger partial charge in [0, 0.05) is 45.3 Å². The summed E-state index contributed by atoms with van der Waals surface area (Å²) in [6.07, 6.45) is 5.92. The maximum absolute atomic E-state index is 9.45. The largest absolute Gasteiger partial charge is 0.488 e. The number of amidine groups is 1. The zero-order chi connectivity index (χ0) is 23.5. The first-order chi connectivity index (χ1) is 16.1. The molecule has 1 saturated heterocycles. The zero-order valence-corrected chi connectivity index (χ0v) is 19.1. The van der Waals surface area contributed by atoms with Crippen molar-refractivity contribution in [2.24, 2.45) is 15.7 Å². The normalized spacial score (nSPS) is 16.4. The van der Waals surface area contributed by atoms with Gasteiger partial charge in [0.25, 0.3) is 0 Å². The molecule has 0 saturated carbocycles. The van der Waals surface area contributed by atoms with Gasteiger partial charge in [-0.3, -0.25) is 4.99 Å². The number of nitrogens with one attached hydrogen (secondary N) is 1. The molecule has 2 aromatic rings. The van der Waals surface area contributed by atoms with E-state index in [1.807, 2.05) is 43.4 Å². The van der Waals surface area contributed by atoms with Gasteiger partial charge in [0.05, 0.1) is 17.9 Å². The molecule has 2 aromatic carbocycles. The Morgan fingerprint density at radius 3 is 2.97 bits per heavy atom. The fourth-order valence-corrected chi connectivity index (χ4v) is 3.32. The number of aliphatic imine (C=N–C) groups is 2. The minimum absolute atomic E-state index is 0.105. The molecular weight excluding hydrogens is 416 g/mol. The third kappa shape index (κ3) is 7.45. The van der Waals surface area contributed by atoms with E-state index in [1.54, 1.807) is 31.7 Å². The van der Waals surface area contributed by atoms with Gasteiger partial charge in [0.2, 0.25) is 0 Å². The van der Waals surface area contributed by atoms with E-state index in [0.717, 1.165) is 43.0 Å². The summed E-state index contributed by atoms with van der Waals surface area (Å²) in [6, 6.07) is 15.5. The molecule has 8 heteroatoms. The van der Waals surface area contributed by atoms with Crippen molar-refractivity contribution in [2.45, 2.75) is 12.5 Å². The van der Waals surface area contributed by atoms with Crippen LogP contribution in [0.4, 0.5) is 11.4 Å². The molecule has 0 spiro atoms. The number of nitrogens with zero attached hydrogens (tertiary/aromatic N) is 4. The monoisotopic (exact) mass is 446 g/mol. The molecule has 1 aliphatic rings. The summed E-state index contributed by atoms with van der Waals surface area (Å²) in [4.78, 5) is 10.8. The highest BCUT2D eigenvalue weighted by Crippen LogP contribution is 2.22. The van der Waals surface area contributed by atoms with E-state index in [-0.39, 0.29) is 6.10 Å². The van der Waals surface area contributed by atoms with Crippen molar-refractivity contribution in [3.8, 4) is 11.8 Å². The molecule has 0 unspecified atom stereocenters. The number of hydrogen-bond acceptors (Lipinski definition) is 7. The average Bonchev–Trinajstić information content (AvgIpc) is 3.34. The van der Waals surface area contributed by atoms with Crippen LogP contribution in [0, 0.1) is 11.3 Å². The highest BCUT2D eigenvalue weighted by Gasteiger charge is 2.17. The van der Waals surface area contributed by atoms with Crippen LogP contribution in [0.5, 0.6) is 5.75 Å². The maximum Gasteiger partial charge on any atom is 0.137 e. The van der Waals surface area contributed by atoms with Crippen LogP contribution in [-0.4, -0.2) is 58.6 Å². The summed E-state index contributed by atoms with van der Waals surface area (Å²) in [7, 11) is 3.69. The molecular formula is C25H30N6O2. The number of likely N-dealkylation sites (N-methyl/N-ethyl adjacent to an activating group) is 1. The second-order valence-electron chi connectivity index (χ2n) is 7.66. The Hall–Kier alpha value is -3.67. The fraction of sp³-hybridized carbons (Fsp3) is 0.320. The number of nitrogens with two attached hydrogens (primary N) is 1. The molecule has 172 valence electrons. The highest BCUT2D eigenvalue weighted by atomic mass is 16.5. The van der Waals surface area contributed by atoms with E-state index in [2.05, 4.69) is 26.3 Å². The maximum atomic E-state index is 9.45. The number of ether oxygens (including phenoxy) is 2. The summed E-state index contributed by atoms with van der Waals surface area (Å²) in [5.41, 5.74) is 9.11. The van der Waals surface area contributed by atoms with Crippen molar-refractivity contribution in [1.82, 2.24) is 5.32 Å². The number of methoxy groups -OCH3 is 1. The molecule has 0 aromatic heterocycles. The first-order valence-electron chi connectivity index (χ1n) is 10.8. The molecule has 3 N–H and O–H groups in total. The van der Waals surface area contributed by atoms with Crippen LogP contribution in [0.15, 0.2) is 64.7 Å². The van der Waals surface area contributed by atoms with Crippen molar-refractivity contribution in [3.05, 3.63) is 65.9 Å². The number of hydrogen-bond donors (Lipinski definition) is 2. The van der Waals surface area contributed by atoms with E-state index < -0.39 is 0 Å². The second kappa shape index (κ2) is 12.4. The van der Waals surface area contributed by atoms with E-state index in [9.17, 15) is 5.26 Å². The van der Waals surface area contributed by atoms with Crippen molar-refractivity contribution in [3.63, 3.8) is 0 Å². The predicted molar refractivity (Wildman–Crippen MR) is 133 cm³/mol. The van der Waals surface area contributed by atoms with Gasteiger partial charge in [-0.1, -0.05) is 6.07 Å². The van der Waals surface area contributed by atoms with Gasteiger partial charge < -0.3 is 25.4 Å². The standard InChI is InChI=1S/C25H30N6O2/c1-31(12-13-32-2)22-5-3-4-21(15-22)30-25(27)9-11-28-17-19-6-7-24(20(14-19)16-26)33-23-8-10-29-18-23/h3-7,9,11,14-15,17,23,29H,8,10,12-13,18H2,1-2H3,(H2,27,30)/b11-9-,28-17?/t23-/m1/s1. The number of rotatable bonds is 10. The fourth-order valence-electron chi connectivity index (χ4n) is 3.32. The van der Waals surface area contributed by atoms with Crippen molar-refractivity contribution >= 4 is 23.4 Å². The number of benzene rings is 2. The lowest BCUT2D eigenvalue weighted by atomic mass is 10.1. The van der Waals surface area contributed by atoms with Gasteiger partial charge in [-0.25, -0.2) is 4.99 Å². The van der Waals surface area contributed by atoms with Crippen molar-refractivity contribution < 1.29 is 9.47 Å². The summed E-state index contributed by atoms with van der Waals surface area (Å²) < 4.78 is 11.0. The van der Waals surface area contributed by atoms with Gasteiger partial charge in [0.15, 0.2) is 0 Å². The smallest absolute Gasteiger partial charge is 0.137 e. The molecule has 1 atom stereocenters. The molecule has 0 radical (unpaired) electrons. The molecule has 1 heterocycles. The Kier molecular flexibility index (Phi) is 9.00. The van der Waals surface area contributed by atoms with Gasteiger partial charge in [-0.2, -0.15) is 5.26 Å². The summed E-state index contributed by atoms with van der Waals surface area (Å²) >= 11 is 0. The van der Waals surface area contributed by atoms with Gasteiger partial charge >= 0.3 is 0 Å². The quantitative estimate of drug-likeness (QED) is 0.429. The molecule has 0 amide bonds. The lowest BCUT2D eigenvalue weighted by Crippen LogP contribution is -2.21. The van der Waals surface area contributed by atoms with Crippen LogP contribution in [0.25, 0.3) is 0 Å². The molecule has 33 heavy (non-hydrogen) atoms. The van der Waals surface area contributed by atoms with Crippen LogP contribution >= 0.6 is 0 Å². The molecule has 1 fully saturated rings. The van der Waals surface area contributed by atoms with E-state index >= 15 is 0 Å². The van der Waals surface area contributed by atoms with Crippen molar-refractivity contribution in [1.29, 1.82) is 5.26 Å². The van der Waals surface area contributed by atoms with Crippen molar-refractivity contribution in [2.75, 3.05) is 45.3 Å². The molecule has 0 bridgehead atoms. The predicted octanol–water partition coefficient (Wildman–Crippen LogP) is 3.00. The Morgan fingerprint density at radius 2 is 2.21 bits per heavy atom. The minimum atomic E-state index is 0.105. The first kappa shape index (κ1) is 24.0. The second-order valence-corrected chi connectivity index (χ2v) is 7.66. The first-order valence-corrected chi connectivity index (χ1v) is 10.8. The zero-order valence-electron chi connectivity index (χ0n) is 19.1. The SMILES string of the molecule is COCCN(C)c1cccc(N=C(N)/C=C\N=Cc2ccc(O[C@@H]3CCNC3)c(C#N)c2)c1. The average molecular weight is 447 g/mol. The summed E-state index contributed by atoms with van der Waals surface area (Å²) in [5.74, 6) is 0.945. The van der Waals surface area contributed by atoms with Gasteiger partial charge in [0.1, 0.15) is 23.8 Å². The minimum Gasteiger partial charge on any atom is -0.488 e. The lowest BCUT2D eigenvalue weighted by molar-refractivity contribution is 0.206. The van der Waals surface area contributed by atoms with Gasteiger partial charge in [-0.15, -0.1) is 0 Å². The van der Waals surface area contributed by atoms with E-state index in [0.29, 0.717) is 23.8 Å². The third-order valence-electron chi connectivity index (χ3n) is 5.15. The topological polar surface area (TPSA) is 108 Å². The van der Waals surface area contributed by atoms with E-state index in [4.69, 9.17) is 15.2 Å². The van der Waals surface area contributed by atoms with Crippen LogP contribution < -0.4 is 20.7 Å². The Bertz CT molecular complexity index is 1050. The Labute approximate surface area is 195 Å². The molecule has 0 aliphatic carbocycles. The molecule has 3 rings (SSSR count). The molecule has 8 nitrogen and oxygen atoms in total.